The molecule has 27 heavy (non-hydrogen) atoms. The Morgan fingerprint density at radius 3 is 1.89 bits per heavy atom. The molecule has 2 aromatic carbocycles. The molecule has 0 bridgehead atoms. The van der Waals surface area contributed by atoms with Crippen LogP contribution in [0.2, 0.25) is 10.0 Å². The van der Waals surface area contributed by atoms with Gasteiger partial charge in [0, 0.05) is 41.1 Å². The van der Waals surface area contributed by atoms with Gasteiger partial charge < -0.3 is 26.0 Å². The summed E-state index contributed by atoms with van der Waals surface area (Å²) in [6, 6.07) is 14.5. The fourth-order valence-electron chi connectivity index (χ4n) is 2.18. The van der Waals surface area contributed by atoms with E-state index in [1.165, 1.54) is 0 Å². The van der Waals surface area contributed by atoms with E-state index in [0.29, 0.717) is 39.9 Å². The minimum absolute atomic E-state index is 0.00406. The highest BCUT2D eigenvalue weighted by Crippen LogP contribution is 2.14. The third-order valence-corrected chi connectivity index (χ3v) is 4.63. The number of aliphatic hydroxyl groups is 1. The molecule has 0 saturated heterocycles. The lowest BCUT2D eigenvalue weighted by Gasteiger charge is -2.25. The second-order valence-corrected chi connectivity index (χ2v) is 7.20. The van der Waals surface area contributed by atoms with Crippen molar-refractivity contribution >= 4 is 69.2 Å². The van der Waals surface area contributed by atoms with Crippen molar-refractivity contribution in [3.63, 3.8) is 0 Å². The average Bonchev–Trinajstić information content (AvgIpc) is 2.65. The van der Waals surface area contributed by atoms with E-state index in [-0.39, 0.29) is 6.61 Å². The summed E-state index contributed by atoms with van der Waals surface area (Å²) < 4.78 is 0. The summed E-state index contributed by atoms with van der Waals surface area (Å²) >= 11 is 22.5. The maximum atomic E-state index is 9.30. The number of aliphatic hydroxyl groups excluding tert-OH is 1. The van der Waals surface area contributed by atoms with Crippen LogP contribution in [0.15, 0.2) is 48.5 Å². The van der Waals surface area contributed by atoms with Gasteiger partial charge in [-0.25, -0.2) is 0 Å². The van der Waals surface area contributed by atoms with Gasteiger partial charge in [0.1, 0.15) is 0 Å². The van der Waals surface area contributed by atoms with Crippen molar-refractivity contribution in [2.45, 2.75) is 0 Å². The van der Waals surface area contributed by atoms with Crippen molar-refractivity contribution in [3.8, 4) is 0 Å². The molecule has 0 aliphatic carbocycles. The molecule has 2 rings (SSSR count). The number of hydrogen-bond acceptors (Lipinski definition) is 3. The molecular formula is C18H20Cl2N4OS2. The first-order chi connectivity index (χ1) is 13.0. The summed E-state index contributed by atoms with van der Waals surface area (Å²) in [7, 11) is 0. The van der Waals surface area contributed by atoms with Gasteiger partial charge in [0.2, 0.25) is 0 Å². The van der Waals surface area contributed by atoms with Crippen LogP contribution in [-0.2, 0) is 0 Å². The molecule has 4 N–H and O–H groups in total. The van der Waals surface area contributed by atoms with E-state index in [4.69, 9.17) is 47.6 Å². The highest BCUT2D eigenvalue weighted by atomic mass is 35.5. The van der Waals surface area contributed by atoms with Gasteiger partial charge in [0.25, 0.3) is 0 Å². The Bertz CT molecular complexity index is 757. The second kappa shape index (κ2) is 11.3. The number of nitrogens with zero attached hydrogens (tertiary/aromatic N) is 1. The predicted octanol–water partition coefficient (Wildman–Crippen LogP) is 3.97. The third-order valence-electron chi connectivity index (χ3n) is 3.52. The summed E-state index contributed by atoms with van der Waals surface area (Å²) in [6.45, 7) is 1.54. The molecule has 2 aromatic rings. The maximum Gasteiger partial charge on any atom is 0.173 e. The molecule has 0 aliphatic heterocycles. The van der Waals surface area contributed by atoms with E-state index in [9.17, 15) is 5.11 Å². The molecule has 5 nitrogen and oxygen atoms in total. The Morgan fingerprint density at radius 2 is 1.37 bits per heavy atom. The molecule has 0 radical (unpaired) electrons. The lowest BCUT2D eigenvalue weighted by Crippen LogP contribution is -2.42. The lowest BCUT2D eigenvalue weighted by molar-refractivity contribution is 0.252. The Morgan fingerprint density at radius 1 is 0.852 bits per heavy atom. The van der Waals surface area contributed by atoms with Crippen LogP contribution in [-0.4, -0.2) is 46.5 Å². The number of hydrogen-bond donors (Lipinski definition) is 4. The highest BCUT2D eigenvalue weighted by Gasteiger charge is 2.09. The predicted molar refractivity (Wildman–Crippen MR) is 122 cm³/mol. The van der Waals surface area contributed by atoms with Gasteiger partial charge in [-0.2, -0.15) is 0 Å². The Balaban J connectivity index is 1.80. The molecular weight excluding hydrogens is 423 g/mol. The van der Waals surface area contributed by atoms with Crippen molar-refractivity contribution in [2.24, 2.45) is 0 Å². The summed E-state index contributed by atoms with van der Waals surface area (Å²) in [5, 5.41) is 21.0. The molecule has 0 aromatic heterocycles. The normalized spacial score (nSPS) is 10.2. The summed E-state index contributed by atoms with van der Waals surface area (Å²) in [5.74, 6) is 0. The fraction of sp³-hybridized carbons (Fsp3) is 0.222. The van der Waals surface area contributed by atoms with Crippen LogP contribution in [0.5, 0.6) is 0 Å². The first kappa shape index (κ1) is 21.7. The minimum atomic E-state index is -0.00406. The van der Waals surface area contributed by atoms with Gasteiger partial charge in [0.15, 0.2) is 10.2 Å². The van der Waals surface area contributed by atoms with Gasteiger partial charge in [-0.1, -0.05) is 23.2 Å². The molecule has 0 atom stereocenters. The van der Waals surface area contributed by atoms with Crippen LogP contribution in [0.1, 0.15) is 0 Å². The minimum Gasteiger partial charge on any atom is -0.395 e. The molecule has 0 heterocycles. The SMILES string of the molecule is OCCN(CCNC(=S)Nc1ccc(Cl)cc1)C(=S)Nc1ccc(Cl)cc1. The summed E-state index contributed by atoms with van der Waals surface area (Å²) in [5.41, 5.74) is 1.68. The first-order valence-electron chi connectivity index (χ1n) is 8.20. The maximum absolute atomic E-state index is 9.30. The highest BCUT2D eigenvalue weighted by molar-refractivity contribution is 7.80. The quantitative estimate of drug-likeness (QED) is 0.483. The largest absolute Gasteiger partial charge is 0.395 e. The van der Waals surface area contributed by atoms with Crippen molar-refractivity contribution in [1.82, 2.24) is 10.2 Å². The topological polar surface area (TPSA) is 59.6 Å². The number of benzene rings is 2. The molecule has 0 fully saturated rings. The van der Waals surface area contributed by atoms with Crippen LogP contribution in [0.4, 0.5) is 11.4 Å². The van der Waals surface area contributed by atoms with Crippen molar-refractivity contribution in [3.05, 3.63) is 58.6 Å². The molecule has 9 heteroatoms. The number of nitrogens with one attached hydrogen (secondary N) is 3. The zero-order valence-corrected chi connectivity index (χ0v) is 17.6. The molecule has 0 spiro atoms. The van der Waals surface area contributed by atoms with Gasteiger partial charge >= 0.3 is 0 Å². The van der Waals surface area contributed by atoms with Gasteiger partial charge in [-0.3, -0.25) is 0 Å². The number of thiocarbonyl (C=S) groups is 2. The van der Waals surface area contributed by atoms with Crippen LogP contribution < -0.4 is 16.0 Å². The zero-order valence-electron chi connectivity index (χ0n) is 14.4. The van der Waals surface area contributed by atoms with Gasteiger partial charge in [-0.15, -0.1) is 0 Å². The second-order valence-electron chi connectivity index (χ2n) is 5.54. The Kier molecular flexibility index (Phi) is 9.03. The number of halogens is 2. The van der Waals surface area contributed by atoms with Crippen LogP contribution in [0.3, 0.4) is 0 Å². The average molecular weight is 443 g/mol. The van der Waals surface area contributed by atoms with E-state index >= 15 is 0 Å². The summed E-state index contributed by atoms with van der Waals surface area (Å²) in [6.07, 6.45) is 0. The molecule has 0 unspecified atom stereocenters. The molecule has 0 saturated carbocycles. The van der Waals surface area contributed by atoms with Crippen molar-refractivity contribution in [2.75, 3.05) is 36.9 Å². The monoisotopic (exact) mass is 442 g/mol. The van der Waals surface area contributed by atoms with Crippen molar-refractivity contribution < 1.29 is 5.11 Å². The Hall–Kier alpha value is -1.64. The van der Waals surface area contributed by atoms with Gasteiger partial charge in [0.05, 0.1) is 6.61 Å². The first-order valence-corrected chi connectivity index (χ1v) is 9.78. The van der Waals surface area contributed by atoms with E-state index < -0.39 is 0 Å². The molecule has 0 amide bonds. The van der Waals surface area contributed by atoms with Gasteiger partial charge in [-0.05, 0) is 73.0 Å². The number of anilines is 2. The van der Waals surface area contributed by atoms with Crippen LogP contribution >= 0.6 is 47.6 Å². The van der Waals surface area contributed by atoms with E-state index in [1.807, 2.05) is 29.2 Å². The smallest absolute Gasteiger partial charge is 0.173 e. The van der Waals surface area contributed by atoms with Crippen molar-refractivity contribution in [1.29, 1.82) is 0 Å². The summed E-state index contributed by atoms with van der Waals surface area (Å²) in [4.78, 5) is 1.86. The lowest BCUT2D eigenvalue weighted by atomic mass is 10.3. The van der Waals surface area contributed by atoms with E-state index in [1.54, 1.807) is 24.3 Å². The fourth-order valence-corrected chi connectivity index (χ4v) is 2.96. The Labute approximate surface area is 179 Å². The molecule has 144 valence electrons. The zero-order chi connectivity index (χ0) is 19.6. The number of rotatable bonds is 7. The van der Waals surface area contributed by atoms with Crippen LogP contribution in [0.25, 0.3) is 0 Å². The molecule has 0 aliphatic rings. The van der Waals surface area contributed by atoms with E-state index in [0.717, 1.165) is 11.4 Å². The van der Waals surface area contributed by atoms with E-state index in [2.05, 4.69) is 16.0 Å². The van der Waals surface area contributed by atoms with Crippen LogP contribution in [0, 0.1) is 0 Å². The third kappa shape index (κ3) is 7.86. The standard InChI is InChI=1S/C18H20Cl2N4OS2/c19-13-1-5-15(6-2-13)22-17(26)21-9-10-24(11-12-25)18(27)23-16-7-3-14(20)4-8-16/h1-8,25H,9-12H2,(H,23,27)(H2,21,22,26).